The highest BCUT2D eigenvalue weighted by Gasteiger charge is 2.19. The van der Waals surface area contributed by atoms with Crippen molar-refractivity contribution in [2.75, 3.05) is 20.1 Å². The Morgan fingerprint density at radius 1 is 1.33 bits per heavy atom. The summed E-state index contributed by atoms with van der Waals surface area (Å²) in [6, 6.07) is 0.666. The van der Waals surface area contributed by atoms with E-state index in [1.54, 1.807) is 0 Å². The van der Waals surface area contributed by atoms with E-state index in [1.807, 2.05) is 0 Å². The molecule has 1 atom stereocenters. The zero-order valence-corrected chi connectivity index (χ0v) is 11.2. The molecule has 0 spiro atoms. The Balaban J connectivity index is 1.59. The minimum Gasteiger partial charge on any atom is -0.314 e. The molecule has 5 nitrogen and oxygen atoms in total. The van der Waals surface area contributed by atoms with Gasteiger partial charge in [0.05, 0.1) is 6.54 Å². The SMILES string of the molecule is CN(Cc1nnc2n1CCCC2)CC1CCCN1. The van der Waals surface area contributed by atoms with Gasteiger partial charge in [0.2, 0.25) is 0 Å². The summed E-state index contributed by atoms with van der Waals surface area (Å²) in [4.78, 5) is 2.37. The van der Waals surface area contributed by atoms with Gasteiger partial charge in [-0.3, -0.25) is 4.90 Å². The number of hydrogen-bond donors (Lipinski definition) is 1. The van der Waals surface area contributed by atoms with E-state index in [-0.39, 0.29) is 0 Å². The van der Waals surface area contributed by atoms with Crippen molar-refractivity contribution in [1.82, 2.24) is 25.0 Å². The molecule has 100 valence electrons. The first-order valence-corrected chi connectivity index (χ1v) is 7.16. The van der Waals surface area contributed by atoms with Crippen molar-refractivity contribution in [1.29, 1.82) is 0 Å². The largest absolute Gasteiger partial charge is 0.314 e. The Hall–Kier alpha value is -0.940. The Labute approximate surface area is 109 Å². The van der Waals surface area contributed by atoms with Crippen molar-refractivity contribution >= 4 is 0 Å². The van der Waals surface area contributed by atoms with Crippen LogP contribution < -0.4 is 5.32 Å². The van der Waals surface area contributed by atoms with Gasteiger partial charge in [0.15, 0.2) is 0 Å². The zero-order chi connectivity index (χ0) is 12.4. The third-order valence-electron chi connectivity index (χ3n) is 4.04. The number of fused-ring (bicyclic) bond motifs is 1. The molecule has 0 radical (unpaired) electrons. The second kappa shape index (κ2) is 5.36. The Morgan fingerprint density at radius 3 is 3.11 bits per heavy atom. The summed E-state index contributed by atoms with van der Waals surface area (Å²) in [7, 11) is 2.18. The molecular formula is C13H23N5. The van der Waals surface area contributed by atoms with Crippen LogP contribution in [0.1, 0.15) is 37.3 Å². The van der Waals surface area contributed by atoms with Crippen LogP contribution in [-0.2, 0) is 19.5 Å². The molecule has 2 aliphatic heterocycles. The number of likely N-dealkylation sites (N-methyl/N-ethyl adjacent to an activating group) is 1. The molecule has 0 amide bonds. The first kappa shape index (κ1) is 12.1. The number of nitrogens with zero attached hydrogens (tertiary/aromatic N) is 4. The average Bonchev–Trinajstić information content (AvgIpc) is 3.00. The van der Waals surface area contributed by atoms with E-state index < -0.39 is 0 Å². The number of nitrogens with one attached hydrogen (secondary N) is 1. The zero-order valence-electron chi connectivity index (χ0n) is 11.2. The molecule has 18 heavy (non-hydrogen) atoms. The minimum absolute atomic E-state index is 0.666. The van der Waals surface area contributed by atoms with Crippen LogP contribution in [0.2, 0.25) is 0 Å². The van der Waals surface area contributed by atoms with Crippen LogP contribution in [0.25, 0.3) is 0 Å². The van der Waals surface area contributed by atoms with Crippen LogP contribution >= 0.6 is 0 Å². The molecule has 1 aromatic rings. The summed E-state index contributed by atoms with van der Waals surface area (Å²) in [6.45, 7) is 4.32. The fraction of sp³-hybridized carbons (Fsp3) is 0.846. The van der Waals surface area contributed by atoms with E-state index in [1.165, 1.54) is 38.1 Å². The first-order valence-electron chi connectivity index (χ1n) is 7.16. The highest BCUT2D eigenvalue weighted by atomic mass is 15.3. The van der Waals surface area contributed by atoms with E-state index in [0.717, 1.165) is 31.9 Å². The van der Waals surface area contributed by atoms with Gasteiger partial charge in [-0.05, 0) is 39.3 Å². The molecule has 5 heteroatoms. The predicted octanol–water partition coefficient (Wildman–Crippen LogP) is 0.798. The fourth-order valence-electron chi connectivity index (χ4n) is 3.08. The van der Waals surface area contributed by atoms with E-state index in [4.69, 9.17) is 0 Å². The summed E-state index contributed by atoms with van der Waals surface area (Å²) < 4.78 is 2.32. The molecule has 1 aromatic heterocycles. The van der Waals surface area contributed by atoms with Gasteiger partial charge in [0, 0.05) is 25.6 Å². The van der Waals surface area contributed by atoms with Crippen molar-refractivity contribution in [3.8, 4) is 0 Å². The second-order valence-corrected chi connectivity index (χ2v) is 5.63. The van der Waals surface area contributed by atoms with Crippen LogP contribution in [0, 0.1) is 0 Å². The van der Waals surface area contributed by atoms with E-state index >= 15 is 0 Å². The van der Waals surface area contributed by atoms with Crippen molar-refractivity contribution in [3.63, 3.8) is 0 Å². The quantitative estimate of drug-likeness (QED) is 0.857. The summed E-state index contributed by atoms with van der Waals surface area (Å²) in [5, 5.41) is 12.2. The number of aromatic nitrogens is 3. The topological polar surface area (TPSA) is 46.0 Å². The number of aryl methyl sites for hydroxylation is 1. The Bertz CT molecular complexity index is 394. The van der Waals surface area contributed by atoms with Gasteiger partial charge in [-0.15, -0.1) is 10.2 Å². The van der Waals surface area contributed by atoms with Crippen LogP contribution in [-0.4, -0.2) is 45.8 Å². The molecule has 0 saturated carbocycles. The highest BCUT2D eigenvalue weighted by molar-refractivity contribution is 4.98. The molecule has 1 N–H and O–H groups in total. The lowest BCUT2D eigenvalue weighted by molar-refractivity contribution is 0.280. The summed E-state index contributed by atoms with van der Waals surface area (Å²) in [5.74, 6) is 2.33. The van der Waals surface area contributed by atoms with Crippen LogP contribution in [0.4, 0.5) is 0 Å². The van der Waals surface area contributed by atoms with E-state index in [0.29, 0.717) is 6.04 Å². The molecule has 0 bridgehead atoms. The molecule has 1 unspecified atom stereocenters. The van der Waals surface area contributed by atoms with Gasteiger partial charge < -0.3 is 9.88 Å². The maximum absolute atomic E-state index is 4.36. The lowest BCUT2D eigenvalue weighted by Gasteiger charge is -2.22. The van der Waals surface area contributed by atoms with Gasteiger partial charge >= 0.3 is 0 Å². The molecular weight excluding hydrogens is 226 g/mol. The van der Waals surface area contributed by atoms with E-state index in [2.05, 4.69) is 32.0 Å². The molecule has 1 saturated heterocycles. The molecule has 3 rings (SSSR count). The normalized spacial score (nSPS) is 23.6. The predicted molar refractivity (Wildman–Crippen MR) is 70.3 cm³/mol. The van der Waals surface area contributed by atoms with Crippen molar-refractivity contribution in [2.24, 2.45) is 0 Å². The smallest absolute Gasteiger partial charge is 0.147 e. The maximum atomic E-state index is 4.36. The van der Waals surface area contributed by atoms with Crippen molar-refractivity contribution < 1.29 is 0 Å². The maximum Gasteiger partial charge on any atom is 0.147 e. The Kier molecular flexibility index (Phi) is 3.61. The third kappa shape index (κ3) is 2.57. The lowest BCUT2D eigenvalue weighted by Crippen LogP contribution is -2.35. The standard InChI is InChI=1S/C13H23N5/c1-17(9-11-5-4-7-14-11)10-13-16-15-12-6-2-3-8-18(12)13/h11,14H,2-10H2,1H3. The number of rotatable bonds is 4. The first-order chi connectivity index (χ1) is 8.83. The van der Waals surface area contributed by atoms with Gasteiger partial charge in [-0.25, -0.2) is 0 Å². The molecule has 0 aromatic carbocycles. The fourth-order valence-corrected chi connectivity index (χ4v) is 3.08. The van der Waals surface area contributed by atoms with Gasteiger partial charge in [-0.2, -0.15) is 0 Å². The van der Waals surface area contributed by atoms with Gasteiger partial charge in [-0.1, -0.05) is 0 Å². The monoisotopic (exact) mass is 249 g/mol. The molecule has 1 fully saturated rings. The average molecular weight is 249 g/mol. The van der Waals surface area contributed by atoms with Crippen LogP contribution in [0.15, 0.2) is 0 Å². The second-order valence-electron chi connectivity index (χ2n) is 5.63. The van der Waals surface area contributed by atoms with Gasteiger partial charge in [0.25, 0.3) is 0 Å². The highest BCUT2D eigenvalue weighted by Crippen LogP contribution is 2.15. The minimum atomic E-state index is 0.666. The Morgan fingerprint density at radius 2 is 2.28 bits per heavy atom. The van der Waals surface area contributed by atoms with Gasteiger partial charge in [0.1, 0.15) is 11.6 Å². The lowest BCUT2D eigenvalue weighted by atomic mass is 10.1. The van der Waals surface area contributed by atoms with Crippen LogP contribution in [0.5, 0.6) is 0 Å². The molecule has 0 aliphatic carbocycles. The molecule has 2 aliphatic rings. The summed E-state index contributed by atoms with van der Waals surface area (Å²) in [6.07, 6.45) is 6.26. The summed E-state index contributed by atoms with van der Waals surface area (Å²) in [5.41, 5.74) is 0. The van der Waals surface area contributed by atoms with Crippen molar-refractivity contribution in [2.45, 2.75) is 51.2 Å². The molecule has 3 heterocycles. The van der Waals surface area contributed by atoms with E-state index in [9.17, 15) is 0 Å². The number of hydrogen-bond acceptors (Lipinski definition) is 4. The van der Waals surface area contributed by atoms with Crippen LogP contribution in [0.3, 0.4) is 0 Å². The third-order valence-corrected chi connectivity index (χ3v) is 4.04. The van der Waals surface area contributed by atoms with Crippen molar-refractivity contribution in [3.05, 3.63) is 11.6 Å². The summed E-state index contributed by atoms with van der Waals surface area (Å²) >= 11 is 0.